The van der Waals surface area contributed by atoms with Gasteiger partial charge in [0.1, 0.15) is 0 Å². The van der Waals surface area contributed by atoms with E-state index in [9.17, 15) is 9.90 Å². The summed E-state index contributed by atoms with van der Waals surface area (Å²) in [7, 11) is 1.46. The van der Waals surface area contributed by atoms with Crippen LogP contribution in [0.2, 0.25) is 0 Å². The Kier molecular flexibility index (Phi) is 6.82. The molecule has 0 saturated carbocycles. The van der Waals surface area contributed by atoms with Gasteiger partial charge in [0.2, 0.25) is 0 Å². The highest BCUT2D eigenvalue weighted by Gasteiger charge is 2.15. The number of ether oxygens (including phenoxy) is 2. The number of hydrazone groups is 1. The molecule has 1 fully saturated rings. The fourth-order valence-electron chi connectivity index (χ4n) is 2.03. The molecule has 1 amide bonds. The summed E-state index contributed by atoms with van der Waals surface area (Å²) in [4.78, 5) is 13.8. The van der Waals surface area contributed by atoms with Crippen molar-refractivity contribution in [1.82, 2.24) is 10.3 Å². The van der Waals surface area contributed by atoms with Gasteiger partial charge >= 0.3 is 0 Å². The van der Waals surface area contributed by atoms with Crippen LogP contribution in [0.3, 0.4) is 0 Å². The van der Waals surface area contributed by atoms with E-state index in [0.29, 0.717) is 33.5 Å². The quantitative estimate of drug-likeness (QED) is 0.527. The highest BCUT2D eigenvalue weighted by atomic mass is 79.9. The molecule has 0 aliphatic carbocycles. The van der Waals surface area contributed by atoms with Crippen LogP contribution in [0.15, 0.2) is 20.1 Å². The van der Waals surface area contributed by atoms with E-state index < -0.39 is 0 Å². The zero-order chi connectivity index (χ0) is 16.8. The molecule has 1 aliphatic heterocycles. The molecular weight excluding hydrogens is 434 g/mol. The van der Waals surface area contributed by atoms with Crippen LogP contribution in [-0.4, -0.2) is 62.1 Å². The smallest absolute Gasteiger partial charge is 0.254 e. The number of methoxy groups -OCH3 is 1. The van der Waals surface area contributed by atoms with Crippen LogP contribution < -0.4 is 10.2 Å². The van der Waals surface area contributed by atoms with Gasteiger partial charge in [0.05, 0.1) is 37.6 Å². The lowest BCUT2D eigenvalue weighted by Gasteiger charge is -2.25. The van der Waals surface area contributed by atoms with Gasteiger partial charge in [-0.3, -0.25) is 9.69 Å². The molecule has 0 spiro atoms. The fraction of sp³-hybridized carbons (Fsp3) is 0.429. The van der Waals surface area contributed by atoms with E-state index >= 15 is 0 Å². The SMILES string of the molecule is COc1cc(C=NNC(=O)CN2CCOCC2)c(Br)c(Br)c1O. The second-order valence-corrected chi connectivity index (χ2v) is 6.41. The summed E-state index contributed by atoms with van der Waals surface area (Å²) in [6.07, 6.45) is 1.48. The van der Waals surface area contributed by atoms with Gasteiger partial charge in [-0.2, -0.15) is 5.10 Å². The summed E-state index contributed by atoms with van der Waals surface area (Å²) in [5.41, 5.74) is 3.14. The summed E-state index contributed by atoms with van der Waals surface area (Å²) in [6.45, 7) is 3.05. The number of aromatic hydroxyl groups is 1. The third kappa shape index (κ3) is 4.90. The molecule has 2 N–H and O–H groups in total. The molecule has 0 radical (unpaired) electrons. The first-order chi connectivity index (χ1) is 11.0. The van der Waals surface area contributed by atoms with Gasteiger partial charge in [0, 0.05) is 23.1 Å². The van der Waals surface area contributed by atoms with Crippen molar-refractivity contribution in [3.8, 4) is 11.5 Å². The van der Waals surface area contributed by atoms with Gasteiger partial charge in [-0.1, -0.05) is 0 Å². The van der Waals surface area contributed by atoms with Crippen molar-refractivity contribution in [2.45, 2.75) is 0 Å². The number of carbonyl (C=O) groups excluding carboxylic acids is 1. The van der Waals surface area contributed by atoms with Crippen LogP contribution in [0, 0.1) is 0 Å². The number of nitrogens with one attached hydrogen (secondary N) is 1. The van der Waals surface area contributed by atoms with E-state index in [1.165, 1.54) is 13.3 Å². The van der Waals surface area contributed by atoms with Crippen molar-refractivity contribution in [1.29, 1.82) is 0 Å². The number of morpholine rings is 1. The molecule has 1 aromatic carbocycles. The molecule has 23 heavy (non-hydrogen) atoms. The second kappa shape index (κ2) is 8.62. The molecule has 1 heterocycles. The Labute approximate surface area is 150 Å². The molecule has 0 unspecified atom stereocenters. The van der Waals surface area contributed by atoms with E-state index in [4.69, 9.17) is 9.47 Å². The largest absolute Gasteiger partial charge is 0.503 e. The minimum Gasteiger partial charge on any atom is -0.503 e. The Hall–Kier alpha value is -1.16. The minimum atomic E-state index is -0.191. The Morgan fingerprint density at radius 2 is 2.17 bits per heavy atom. The average molecular weight is 451 g/mol. The molecular formula is C14H17Br2N3O4. The summed E-state index contributed by atoms with van der Waals surface area (Å²) < 4.78 is 11.4. The van der Waals surface area contributed by atoms with Crippen molar-refractivity contribution >= 4 is 44.0 Å². The highest BCUT2D eigenvalue weighted by Crippen LogP contribution is 2.41. The van der Waals surface area contributed by atoms with Crippen LogP contribution in [0.1, 0.15) is 5.56 Å². The van der Waals surface area contributed by atoms with Crippen LogP contribution in [0.4, 0.5) is 0 Å². The molecule has 0 atom stereocenters. The van der Waals surface area contributed by atoms with Crippen molar-refractivity contribution < 1.29 is 19.4 Å². The van der Waals surface area contributed by atoms with Gasteiger partial charge in [0.15, 0.2) is 11.5 Å². The van der Waals surface area contributed by atoms with Crippen molar-refractivity contribution in [3.63, 3.8) is 0 Å². The number of benzene rings is 1. The van der Waals surface area contributed by atoms with Crippen molar-refractivity contribution in [3.05, 3.63) is 20.6 Å². The van der Waals surface area contributed by atoms with Crippen molar-refractivity contribution in [2.24, 2.45) is 5.10 Å². The van der Waals surface area contributed by atoms with Crippen LogP contribution >= 0.6 is 31.9 Å². The molecule has 1 saturated heterocycles. The Morgan fingerprint density at radius 3 is 2.83 bits per heavy atom. The molecule has 7 nitrogen and oxygen atoms in total. The topological polar surface area (TPSA) is 83.4 Å². The third-order valence-electron chi connectivity index (χ3n) is 3.26. The molecule has 126 valence electrons. The maximum Gasteiger partial charge on any atom is 0.254 e. The van der Waals surface area contributed by atoms with E-state index in [2.05, 4.69) is 42.4 Å². The lowest BCUT2D eigenvalue weighted by molar-refractivity contribution is -0.123. The van der Waals surface area contributed by atoms with Crippen molar-refractivity contribution in [2.75, 3.05) is 40.0 Å². The number of amides is 1. The van der Waals surface area contributed by atoms with Crippen LogP contribution in [-0.2, 0) is 9.53 Å². The summed E-state index contributed by atoms with van der Waals surface area (Å²) in [5.74, 6) is 0.109. The lowest BCUT2D eigenvalue weighted by Crippen LogP contribution is -2.42. The normalized spacial score (nSPS) is 15.8. The van der Waals surface area contributed by atoms with Gasteiger partial charge in [0.25, 0.3) is 5.91 Å². The van der Waals surface area contributed by atoms with Gasteiger partial charge in [-0.15, -0.1) is 0 Å². The lowest BCUT2D eigenvalue weighted by atomic mass is 10.2. The van der Waals surface area contributed by atoms with Gasteiger partial charge in [-0.05, 0) is 37.9 Å². The average Bonchev–Trinajstić information content (AvgIpc) is 2.56. The summed E-state index contributed by atoms with van der Waals surface area (Å²) >= 11 is 6.62. The number of nitrogens with zero attached hydrogens (tertiary/aromatic N) is 2. The Balaban J connectivity index is 1.97. The maximum absolute atomic E-state index is 11.8. The number of hydrogen-bond acceptors (Lipinski definition) is 6. The van der Waals surface area contributed by atoms with E-state index in [1.807, 2.05) is 4.90 Å². The molecule has 2 rings (SSSR count). The zero-order valence-electron chi connectivity index (χ0n) is 12.5. The summed E-state index contributed by atoms with van der Waals surface area (Å²) in [5, 5.41) is 13.8. The second-order valence-electron chi connectivity index (χ2n) is 4.83. The van der Waals surface area contributed by atoms with Crippen LogP contribution in [0.25, 0.3) is 0 Å². The van der Waals surface area contributed by atoms with Gasteiger partial charge in [-0.25, -0.2) is 5.43 Å². The number of carbonyl (C=O) groups is 1. The van der Waals surface area contributed by atoms with E-state index in [-0.39, 0.29) is 18.2 Å². The molecule has 0 bridgehead atoms. The predicted octanol–water partition coefficient (Wildman–Crippen LogP) is 1.71. The monoisotopic (exact) mass is 449 g/mol. The number of phenols is 1. The minimum absolute atomic E-state index is 0.00659. The molecule has 1 aliphatic rings. The number of rotatable bonds is 5. The first kappa shape index (κ1) is 18.2. The van der Waals surface area contributed by atoms with E-state index in [1.54, 1.807) is 6.07 Å². The van der Waals surface area contributed by atoms with E-state index in [0.717, 1.165) is 13.1 Å². The Morgan fingerprint density at radius 1 is 1.48 bits per heavy atom. The van der Waals surface area contributed by atoms with Crippen LogP contribution in [0.5, 0.6) is 11.5 Å². The first-order valence-corrected chi connectivity index (χ1v) is 8.48. The first-order valence-electron chi connectivity index (χ1n) is 6.90. The highest BCUT2D eigenvalue weighted by molar-refractivity contribution is 9.13. The summed E-state index contributed by atoms with van der Waals surface area (Å²) in [6, 6.07) is 1.61. The number of phenolic OH excluding ortho intramolecular Hbond substituents is 1. The Bertz CT molecular complexity index is 604. The predicted molar refractivity (Wildman–Crippen MR) is 93.1 cm³/mol. The number of halogens is 2. The fourth-order valence-corrected chi connectivity index (χ4v) is 2.86. The molecule has 0 aromatic heterocycles. The molecule has 9 heteroatoms. The maximum atomic E-state index is 11.8. The molecule has 1 aromatic rings. The van der Waals surface area contributed by atoms with Gasteiger partial charge < -0.3 is 14.6 Å². The number of hydrogen-bond donors (Lipinski definition) is 2. The standard InChI is InChI=1S/C14H17Br2N3O4/c1-22-10-6-9(12(15)13(16)14(10)21)7-17-18-11(20)8-19-2-4-23-5-3-19/h6-7,21H,2-5,8H2,1H3,(H,18,20). The third-order valence-corrected chi connectivity index (χ3v) is 5.42. The zero-order valence-corrected chi connectivity index (χ0v) is 15.7.